The molecular formula is C18H18F2N2O4. The van der Waals surface area contributed by atoms with Crippen LogP contribution in [-0.2, 0) is 4.79 Å². The second-order valence-electron chi connectivity index (χ2n) is 5.35. The van der Waals surface area contributed by atoms with Gasteiger partial charge in [0.05, 0.1) is 13.7 Å². The van der Waals surface area contributed by atoms with Gasteiger partial charge in [-0.05, 0) is 30.3 Å². The van der Waals surface area contributed by atoms with Crippen molar-refractivity contribution in [3.05, 3.63) is 54.1 Å². The molecule has 2 aromatic rings. The molecule has 2 rings (SSSR count). The first-order chi connectivity index (χ1) is 12.4. The highest BCUT2D eigenvalue weighted by Gasteiger charge is 2.16. The summed E-state index contributed by atoms with van der Waals surface area (Å²) in [7, 11) is 2.95. The number of nitrogens with zero attached hydrogens (tertiary/aromatic N) is 1. The third-order valence-electron chi connectivity index (χ3n) is 3.39. The van der Waals surface area contributed by atoms with Crippen LogP contribution >= 0.6 is 0 Å². The fourth-order valence-electron chi connectivity index (χ4n) is 2.21. The van der Waals surface area contributed by atoms with Crippen molar-refractivity contribution >= 4 is 17.5 Å². The van der Waals surface area contributed by atoms with E-state index in [0.29, 0.717) is 11.4 Å². The Morgan fingerprint density at radius 3 is 2.50 bits per heavy atom. The fourth-order valence-corrected chi connectivity index (χ4v) is 2.21. The Labute approximate surface area is 149 Å². The Hall–Kier alpha value is -3.16. The lowest BCUT2D eigenvalue weighted by Crippen LogP contribution is -2.34. The van der Waals surface area contributed by atoms with Gasteiger partial charge >= 0.3 is 6.61 Å². The summed E-state index contributed by atoms with van der Waals surface area (Å²) < 4.78 is 33.9. The van der Waals surface area contributed by atoms with Crippen molar-refractivity contribution in [2.75, 3.05) is 26.0 Å². The Kier molecular flexibility index (Phi) is 6.48. The lowest BCUT2D eigenvalue weighted by atomic mass is 10.2. The molecule has 0 bridgehead atoms. The van der Waals surface area contributed by atoms with Crippen LogP contribution < -0.4 is 14.8 Å². The van der Waals surface area contributed by atoms with Crippen LogP contribution in [0.3, 0.4) is 0 Å². The number of benzene rings is 2. The second kappa shape index (κ2) is 8.80. The van der Waals surface area contributed by atoms with Crippen LogP contribution in [0.15, 0.2) is 48.5 Å². The number of anilines is 1. The Bertz CT molecular complexity index is 783. The summed E-state index contributed by atoms with van der Waals surface area (Å²) >= 11 is 0. The third-order valence-corrected chi connectivity index (χ3v) is 3.39. The average Bonchev–Trinajstić information content (AvgIpc) is 2.60. The predicted molar refractivity (Wildman–Crippen MR) is 91.7 cm³/mol. The topological polar surface area (TPSA) is 67.9 Å². The molecule has 0 atom stereocenters. The normalized spacial score (nSPS) is 10.3. The summed E-state index contributed by atoms with van der Waals surface area (Å²) in [6.45, 7) is -3.19. The van der Waals surface area contributed by atoms with Gasteiger partial charge in [0.25, 0.3) is 5.91 Å². The molecular weight excluding hydrogens is 346 g/mol. The molecule has 0 spiro atoms. The van der Waals surface area contributed by atoms with E-state index in [2.05, 4.69) is 10.1 Å². The maximum Gasteiger partial charge on any atom is 0.387 e. The van der Waals surface area contributed by atoms with Gasteiger partial charge in [-0.2, -0.15) is 8.78 Å². The molecule has 0 aromatic heterocycles. The van der Waals surface area contributed by atoms with E-state index >= 15 is 0 Å². The minimum Gasteiger partial charge on any atom is -0.497 e. The maximum atomic E-state index is 12.4. The molecule has 8 heteroatoms. The number of methoxy groups -OCH3 is 1. The van der Waals surface area contributed by atoms with E-state index in [1.807, 2.05) is 0 Å². The number of alkyl halides is 2. The molecule has 6 nitrogen and oxygen atoms in total. The lowest BCUT2D eigenvalue weighted by molar-refractivity contribution is -0.116. The summed E-state index contributed by atoms with van der Waals surface area (Å²) in [4.78, 5) is 25.6. The van der Waals surface area contributed by atoms with Crippen LogP contribution in [0.5, 0.6) is 11.5 Å². The van der Waals surface area contributed by atoms with Gasteiger partial charge in [0.1, 0.15) is 11.5 Å². The summed E-state index contributed by atoms with van der Waals surface area (Å²) in [5.74, 6) is -0.442. The van der Waals surface area contributed by atoms with E-state index in [4.69, 9.17) is 4.74 Å². The van der Waals surface area contributed by atoms with E-state index in [1.165, 1.54) is 43.3 Å². The van der Waals surface area contributed by atoms with Crippen LogP contribution in [0, 0.1) is 0 Å². The van der Waals surface area contributed by atoms with E-state index < -0.39 is 18.4 Å². The van der Waals surface area contributed by atoms with E-state index in [1.54, 1.807) is 24.3 Å². The van der Waals surface area contributed by atoms with Gasteiger partial charge in [0, 0.05) is 24.4 Å². The van der Waals surface area contributed by atoms with Crippen molar-refractivity contribution < 1.29 is 27.8 Å². The highest BCUT2D eigenvalue weighted by atomic mass is 19.3. The number of carbonyl (C=O) groups excluding carboxylic acids is 2. The highest BCUT2D eigenvalue weighted by Crippen LogP contribution is 2.18. The van der Waals surface area contributed by atoms with Gasteiger partial charge in [-0.15, -0.1) is 0 Å². The van der Waals surface area contributed by atoms with E-state index in [9.17, 15) is 18.4 Å². The molecule has 0 aliphatic rings. The van der Waals surface area contributed by atoms with Crippen LogP contribution in [0.1, 0.15) is 10.4 Å². The first kappa shape index (κ1) is 19.2. The van der Waals surface area contributed by atoms with Crippen LogP contribution in [0.25, 0.3) is 0 Å². The molecule has 0 heterocycles. The number of halogens is 2. The first-order valence-corrected chi connectivity index (χ1v) is 7.63. The molecule has 138 valence electrons. The van der Waals surface area contributed by atoms with Gasteiger partial charge in [-0.1, -0.05) is 12.1 Å². The van der Waals surface area contributed by atoms with Gasteiger partial charge in [0.15, 0.2) is 0 Å². The Morgan fingerprint density at radius 1 is 1.12 bits per heavy atom. The second-order valence-corrected chi connectivity index (χ2v) is 5.35. The zero-order chi connectivity index (χ0) is 19.1. The number of nitrogens with one attached hydrogen (secondary N) is 1. The predicted octanol–water partition coefficient (Wildman–Crippen LogP) is 3.01. The molecule has 0 fully saturated rings. The van der Waals surface area contributed by atoms with Crippen molar-refractivity contribution in [2.45, 2.75) is 6.61 Å². The molecule has 2 aromatic carbocycles. The molecule has 0 aliphatic carbocycles. The van der Waals surface area contributed by atoms with Gasteiger partial charge in [0.2, 0.25) is 5.91 Å². The number of carbonyl (C=O) groups is 2. The van der Waals surface area contributed by atoms with Gasteiger partial charge in [-0.25, -0.2) is 0 Å². The van der Waals surface area contributed by atoms with Gasteiger partial charge < -0.3 is 19.7 Å². The minimum atomic E-state index is -2.98. The third kappa shape index (κ3) is 5.44. The van der Waals surface area contributed by atoms with E-state index in [0.717, 1.165) is 0 Å². The van der Waals surface area contributed by atoms with Gasteiger partial charge in [-0.3, -0.25) is 9.59 Å². The zero-order valence-corrected chi connectivity index (χ0v) is 14.2. The Balaban J connectivity index is 1.98. The zero-order valence-electron chi connectivity index (χ0n) is 14.2. The summed E-state index contributed by atoms with van der Waals surface area (Å²) in [5, 5.41) is 2.65. The SMILES string of the molecule is COc1cccc(NC(=O)CN(C)C(=O)c2cccc(OC(F)F)c2)c1. The maximum absolute atomic E-state index is 12.4. The monoisotopic (exact) mass is 364 g/mol. The minimum absolute atomic E-state index is 0.125. The molecule has 0 saturated carbocycles. The van der Waals surface area contributed by atoms with Crippen molar-refractivity contribution in [1.29, 1.82) is 0 Å². The standard InChI is InChI=1S/C18H18F2N2O4/c1-22(11-16(23)21-13-6-4-7-14(10-13)25-2)17(24)12-5-3-8-15(9-12)26-18(19)20/h3-10,18H,11H2,1-2H3,(H,21,23). The molecule has 0 saturated heterocycles. The molecule has 2 amide bonds. The Morgan fingerprint density at radius 2 is 1.81 bits per heavy atom. The number of ether oxygens (including phenoxy) is 2. The van der Waals surface area contributed by atoms with Crippen molar-refractivity contribution in [3.8, 4) is 11.5 Å². The summed E-state index contributed by atoms with van der Waals surface area (Å²) in [6.07, 6.45) is 0. The van der Waals surface area contributed by atoms with Crippen molar-refractivity contribution in [2.24, 2.45) is 0 Å². The van der Waals surface area contributed by atoms with Crippen molar-refractivity contribution in [1.82, 2.24) is 4.90 Å². The smallest absolute Gasteiger partial charge is 0.387 e. The number of amides is 2. The quantitative estimate of drug-likeness (QED) is 0.820. The fraction of sp³-hybridized carbons (Fsp3) is 0.222. The van der Waals surface area contributed by atoms with E-state index in [-0.39, 0.29) is 17.9 Å². The van der Waals surface area contributed by atoms with Crippen LogP contribution in [-0.4, -0.2) is 44.0 Å². The molecule has 26 heavy (non-hydrogen) atoms. The molecule has 0 unspecified atom stereocenters. The lowest BCUT2D eigenvalue weighted by Gasteiger charge is -2.17. The largest absolute Gasteiger partial charge is 0.497 e. The number of rotatable bonds is 7. The molecule has 0 radical (unpaired) electrons. The summed E-state index contributed by atoms with van der Waals surface area (Å²) in [6, 6.07) is 12.2. The number of likely N-dealkylation sites (N-methyl/N-ethyl adjacent to an activating group) is 1. The van der Waals surface area contributed by atoms with Crippen molar-refractivity contribution in [3.63, 3.8) is 0 Å². The summed E-state index contributed by atoms with van der Waals surface area (Å²) in [5.41, 5.74) is 0.669. The highest BCUT2D eigenvalue weighted by molar-refractivity contribution is 5.99. The van der Waals surface area contributed by atoms with Crippen LogP contribution in [0.4, 0.5) is 14.5 Å². The average molecular weight is 364 g/mol. The van der Waals surface area contributed by atoms with Crippen LogP contribution in [0.2, 0.25) is 0 Å². The molecule has 1 N–H and O–H groups in total. The first-order valence-electron chi connectivity index (χ1n) is 7.63. The number of hydrogen-bond donors (Lipinski definition) is 1. The molecule has 0 aliphatic heterocycles. The number of hydrogen-bond acceptors (Lipinski definition) is 4.